The molecule has 0 aromatic rings. The number of hydrogen-bond acceptors (Lipinski definition) is 4. The maximum Gasteiger partial charge on any atom is 0.114 e. The van der Waals surface area contributed by atoms with Crippen LogP contribution in [0.1, 0.15) is 53.4 Å². The van der Waals surface area contributed by atoms with E-state index in [-0.39, 0.29) is 12.1 Å². The average Bonchev–Trinajstić information content (AvgIpc) is 2.63. The molecule has 3 aliphatic rings. The van der Waals surface area contributed by atoms with Gasteiger partial charge in [0.1, 0.15) is 5.76 Å². The first-order valence-electron chi connectivity index (χ1n) is 10.6. The Morgan fingerprint density at radius 2 is 1.69 bits per heavy atom. The van der Waals surface area contributed by atoms with Crippen LogP contribution in [0, 0.1) is 11.8 Å². The molecule has 0 amide bonds. The molecule has 1 aliphatic carbocycles. The van der Waals surface area contributed by atoms with E-state index >= 15 is 0 Å². The normalized spacial score (nSPS) is 30.8. The van der Waals surface area contributed by atoms with Crippen LogP contribution in [-0.4, -0.2) is 61.2 Å². The summed E-state index contributed by atoms with van der Waals surface area (Å²) >= 11 is 0. The Bertz CT molecular complexity index is 538. The predicted octanol–water partition coefficient (Wildman–Crippen LogP) is 3.40. The first-order valence-corrected chi connectivity index (χ1v) is 10.6. The summed E-state index contributed by atoms with van der Waals surface area (Å²) in [7, 11) is 2.25. The number of nitrogens with two attached hydrogens (primary N) is 1. The van der Waals surface area contributed by atoms with E-state index in [1.807, 2.05) is 0 Å². The second kappa shape index (κ2) is 8.45. The molecular weight excluding hydrogens is 322 g/mol. The van der Waals surface area contributed by atoms with Crippen LogP contribution in [-0.2, 0) is 4.74 Å². The van der Waals surface area contributed by atoms with Gasteiger partial charge in [-0.2, -0.15) is 0 Å². The van der Waals surface area contributed by atoms with Gasteiger partial charge in [-0.15, -0.1) is 0 Å². The second-order valence-electron chi connectivity index (χ2n) is 9.01. The highest BCUT2D eigenvalue weighted by Gasteiger charge is 2.33. The summed E-state index contributed by atoms with van der Waals surface area (Å²) in [5, 5.41) is 0. The highest BCUT2D eigenvalue weighted by molar-refractivity contribution is 5.37. The van der Waals surface area contributed by atoms with Gasteiger partial charge in [0.2, 0.25) is 0 Å². The van der Waals surface area contributed by atoms with E-state index in [1.165, 1.54) is 63.0 Å². The molecule has 2 saturated heterocycles. The second-order valence-corrected chi connectivity index (χ2v) is 9.01. The van der Waals surface area contributed by atoms with E-state index in [1.54, 1.807) is 0 Å². The van der Waals surface area contributed by atoms with Gasteiger partial charge in [0.05, 0.1) is 12.1 Å². The van der Waals surface area contributed by atoms with Crippen molar-refractivity contribution in [2.75, 3.05) is 33.2 Å². The van der Waals surface area contributed by atoms with Gasteiger partial charge in [-0.05, 0) is 103 Å². The molecule has 2 heterocycles. The molecule has 0 saturated carbocycles. The molecule has 2 unspecified atom stereocenters. The van der Waals surface area contributed by atoms with E-state index in [2.05, 4.69) is 50.6 Å². The minimum Gasteiger partial charge on any atom is -0.494 e. The molecule has 4 nitrogen and oxygen atoms in total. The SMILES string of the molecule is CC1=C(C2CCN(C3CCN(C)CC3)CC2)C=C(OC(C)C)C(N)C1C. The zero-order chi connectivity index (χ0) is 18.8. The highest BCUT2D eigenvalue weighted by Crippen LogP contribution is 2.37. The van der Waals surface area contributed by atoms with Crippen molar-refractivity contribution in [3.05, 3.63) is 23.0 Å². The van der Waals surface area contributed by atoms with Crippen molar-refractivity contribution in [2.24, 2.45) is 17.6 Å². The van der Waals surface area contributed by atoms with Crippen LogP contribution in [0.15, 0.2) is 23.0 Å². The molecule has 2 fully saturated rings. The largest absolute Gasteiger partial charge is 0.494 e. The van der Waals surface area contributed by atoms with Crippen LogP contribution in [0.2, 0.25) is 0 Å². The van der Waals surface area contributed by atoms with Crippen LogP contribution < -0.4 is 5.73 Å². The quantitative estimate of drug-likeness (QED) is 0.833. The fraction of sp³-hybridized carbons (Fsp3) is 0.818. The van der Waals surface area contributed by atoms with Crippen LogP contribution in [0.5, 0.6) is 0 Å². The maximum atomic E-state index is 6.44. The van der Waals surface area contributed by atoms with Crippen LogP contribution in [0.3, 0.4) is 0 Å². The van der Waals surface area contributed by atoms with Gasteiger partial charge >= 0.3 is 0 Å². The summed E-state index contributed by atoms with van der Waals surface area (Å²) in [6.45, 7) is 13.7. The Morgan fingerprint density at radius 3 is 2.27 bits per heavy atom. The van der Waals surface area contributed by atoms with Crippen molar-refractivity contribution in [1.82, 2.24) is 9.80 Å². The number of piperidine rings is 2. The lowest BCUT2D eigenvalue weighted by atomic mass is 9.77. The van der Waals surface area contributed by atoms with E-state index in [0.717, 1.165) is 11.8 Å². The summed E-state index contributed by atoms with van der Waals surface area (Å²) in [6.07, 6.45) is 7.68. The van der Waals surface area contributed by atoms with Gasteiger partial charge in [-0.3, -0.25) is 0 Å². The van der Waals surface area contributed by atoms with Crippen molar-refractivity contribution in [3.63, 3.8) is 0 Å². The van der Waals surface area contributed by atoms with Crippen LogP contribution >= 0.6 is 0 Å². The molecule has 148 valence electrons. The van der Waals surface area contributed by atoms with Crippen molar-refractivity contribution >= 4 is 0 Å². The lowest BCUT2D eigenvalue weighted by Crippen LogP contribution is -2.47. The lowest BCUT2D eigenvalue weighted by molar-refractivity contribution is 0.0903. The molecule has 3 rings (SSSR count). The molecular formula is C22H39N3O. The third-order valence-corrected chi connectivity index (χ3v) is 6.85. The van der Waals surface area contributed by atoms with Gasteiger partial charge < -0.3 is 20.3 Å². The van der Waals surface area contributed by atoms with Gasteiger partial charge in [-0.25, -0.2) is 0 Å². The van der Waals surface area contributed by atoms with Gasteiger partial charge in [-0.1, -0.05) is 12.5 Å². The Morgan fingerprint density at radius 1 is 1.08 bits per heavy atom. The Balaban J connectivity index is 1.65. The summed E-state index contributed by atoms with van der Waals surface area (Å²) in [4.78, 5) is 5.22. The van der Waals surface area contributed by atoms with Crippen LogP contribution in [0.25, 0.3) is 0 Å². The van der Waals surface area contributed by atoms with Crippen molar-refractivity contribution in [1.29, 1.82) is 0 Å². The number of hydrogen-bond donors (Lipinski definition) is 1. The van der Waals surface area contributed by atoms with Crippen molar-refractivity contribution in [3.8, 4) is 0 Å². The molecule has 4 heteroatoms. The number of ether oxygens (including phenoxy) is 1. The fourth-order valence-electron chi connectivity index (χ4n) is 4.90. The maximum absolute atomic E-state index is 6.44. The zero-order valence-corrected chi connectivity index (χ0v) is 17.5. The Kier molecular flexibility index (Phi) is 6.47. The molecule has 26 heavy (non-hydrogen) atoms. The molecule has 0 radical (unpaired) electrons. The Hall–Kier alpha value is -0.840. The average molecular weight is 362 g/mol. The van der Waals surface area contributed by atoms with E-state index < -0.39 is 0 Å². The van der Waals surface area contributed by atoms with E-state index in [0.29, 0.717) is 11.8 Å². The smallest absolute Gasteiger partial charge is 0.114 e. The summed E-state index contributed by atoms with van der Waals surface area (Å²) in [6, 6.07) is 0.803. The van der Waals surface area contributed by atoms with Crippen molar-refractivity contribution in [2.45, 2.75) is 71.6 Å². The molecule has 2 N–H and O–H groups in total. The standard InChI is InChI=1S/C22H39N3O/c1-15(2)26-21-14-20(16(3)17(4)22(21)23)18-6-12-25(13-7-18)19-8-10-24(5)11-9-19/h14-15,17-19,22H,6-13,23H2,1-5H3. The molecule has 2 atom stereocenters. The lowest BCUT2D eigenvalue weighted by Gasteiger charge is -2.42. The van der Waals surface area contributed by atoms with Gasteiger partial charge in [0.25, 0.3) is 0 Å². The van der Waals surface area contributed by atoms with Crippen molar-refractivity contribution < 1.29 is 4.74 Å². The zero-order valence-electron chi connectivity index (χ0n) is 17.5. The fourth-order valence-corrected chi connectivity index (χ4v) is 4.90. The van der Waals surface area contributed by atoms with Gasteiger partial charge in [0.15, 0.2) is 0 Å². The number of rotatable bonds is 4. The molecule has 0 bridgehead atoms. The monoisotopic (exact) mass is 361 g/mol. The van der Waals surface area contributed by atoms with Gasteiger partial charge in [0, 0.05) is 6.04 Å². The Labute approximate surface area is 160 Å². The summed E-state index contributed by atoms with van der Waals surface area (Å²) < 4.78 is 6.06. The van der Waals surface area contributed by atoms with Crippen LogP contribution in [0.4, 0.5) is 0 Å². The third kappa shape index (κ3) is 4.35. The molecule has 0 aromatic heterocycles. The topological polar surface area (TPSA) is 41.7 Å². The van der Waals surface area contributed by atoms with E-state index in [4.69, 9.17) is 10.5 Å². The minimum absolute atomic E-state index is 0.000433. The third-order valence-electron chi connectivity index (χ3n) is 6.85. The molecule has 0 aromatic carbocycles. The highest BCUT2D eigenvalue weighted by atomic mass is 16.5. The predicted molar refractivity (Wildman–Crippen MR) is 109 cm³/mol. The molecule has 2 aliphatic heterocycles. The first kappa shape index (κ1) is 19.9. The summed E-state index contributed by atoms with van der Waals surface area (Å²) in [5.41, 5.74) is 9.43. The molecule has 0 spiro atoms. The first-order chi connectivity index (χ1) is 12.4. The minimum atomic E-state index is 0.000433. The van der Waals surface area contributed by atoms with E-state index in [9.17, 15) is 0 Å². The number of likely N-dealkylation sites (tertiary alicyclic amines) is 2. The number of nitrogens with zero attached hydrogens (tertiary/aromatic N) is 2. The summed E-state index contributed by atoms with van der Waals surface area (Å²) in [5.74, 6) is 2.03. The number of allylic oxidation sites excluding steroid dienone is 2.